The second kappa shape index (κ2) is 7.50. The van der Waals surface area contributed by atoms with Crippen LogP contribution in [0.15, 0.2) is 36.5 Å². The smallest absolute Gasteiger partial charge is 0.154 e. The number of aromatic amines is 1. The van der Waals surface area contributed by atoms with Crippen LogP contribution in [0.4, 0.5) is 5.69 Å². The highest BCUT2D eigenvalue weighted by Crippen LogP contribution is 2.49. The molecule has 5 nitrogen and oxygen atoms in total. The predicted molar refractivity (Wildman–Crippen MR) is 119 cm³/mol. The molecule has 0 radical (unpaired) electrons. The van der Waals surface area contributed by atoms with Gasteiger partial charge in [-0.2, -0.15) is 10.5 Å². The third-order valence-corrected chi connectivity index (χ3v) is 6.36. The van der Waals surface area contributed by atoms with E-state index in [1.165, 1.54) is 5.57 Å². The number of imidazole rings is 1. The van der Waals surface area contributed by atoms with Crippen molar-refractivity contribution < 1.29 is 0 Å². The number of anilines is 1. The monoisotopic (exact) mass is 397 g/mol. The molecule has 152 valence electrons. The van der Waals surface area contributed by atoms with E-state index >= 15 is 0 Å². The Morgan fingerprint density at radius 1 is 1.23 bits per heavy atom. The molecule has 0 unspecified atom stereocenters. The van der Waals surface area contributed by atoms with Crippen LogP contribution < -0.4 is 5.32 Å². The lowest BCUT2D eigenvalue weighted by atomic mass is 9.76. The van der Waals surface area contributed by atoms with Gasteiger partial charge in [0.1, 0.15) is 11.8 Å². The van der Waals surface area contributed by atoms with Crippen molar-refractivity contribution in [1.82, 2.24) is 9.97 Å². The number of rotatable bonds is 5. The predicted octanol–water partition coefficient (Wildman–Crippen LogP) is 5.90. The van der Waals surface area contributed by atoms with Gasteiger partial charge in [-0.3, -0.25) is 0 Å². The van der Waals surface area contributed by atoms with Crippen LogP contribution in [0.5, 0.6) is 0 Å². The number of H-pyrrole nitrogens is 1. The normalized spacial score (nSPS) is 19.4. The molecular weight excluding hydrogens is 370 g/mol. The van der Waals surface area contributed by atoms with Crippen molar-refractivity contribution in [2.75, 3.05) is 5.32 Å². The van der Waals surface area contributed by atoms with E-state index in [-0.39, 0.29) is 5.41 Å². The van der Waals surface area contributed by atoms with E-state index in [1.807, 2.05) is 13.0 Å². The van der Waals surface area contributed by atoms with Crippen molar-refractivity contribution in [2.24, 2.45) is 5.41 Å². The van der Waals surface area contributed by atoms with Crippen LogP contribution in [-0.2, 0) is 5.41 Å². The van der Waals surface area contributed by atoms with Crippen LogP contribution in [0.1, 0.15) is 75.5 Å². The summed E-state index contributed by atoms with van der Waals surface area (Å²) in [6.45, 7) is 6.57. The number of nitriles is 2. The SMILES string of the molecule is CC=C(Nc1ccc(C2(C#N)CC2)cc1C1=CCC(C)(C)CC1)c1ncc(C#N)[nH]1. The second-order valence-corrected chi connectivity index (χ2v) is 9.14. The molecule has 1 saturated carbocycles. The summed E-state index contributed by atoms with van der Waals surface area (Å²) >= 11 is 0. The van der Waals surface area contributed by atoms with E-state index in [1.54, 1.807) is 6.20 Å². The summed E-state index contributed by atoms with van der Waals surface area (Å²) in [4.78, 5) is 7.37. The van der Waals surface area contributed by atoms with Crippen LogP contribution >= 0.6 is 0 Å². The number of aromatic nitrogens is 2. The molecule has 0 aliphatic heterocycles. The Morgan fingerprint density at radius 2 is 2.03 bits per heavy atom. The van der Waals surface area contributed by atoms with Gasteiger partial charge in [-0.25, -0.2) is 4.98 Å². The Bertz CT molecular complexity index is 1110. The van der Waals surface area contributed by atoms with Gasteiger partial charge in [0.15, 0.2) is 5.82 Å². The molecule has 1 aromatic heterocycles. The Labute approximate surface area is 178 Å². The average molecular weight is 398 g/mol. The minimum atomic E-state index is -0.312. The van der Waals surface area contributed by atoms with Crippen molar-refractivity contribution >= 4 is 17.0 Å². The largest absolute Gasteiger partial charge is 0.352 e. The highest BCUT2D eigenvalue weighted by Gasteiger charge is 2.45. The summed E-state index contributed by atoms with van der Waals surface area (Å²) in [6, 6.07) is 11.0. The van der Waals surface area contributed by atoms with Crippen LogP contribution in [0, 0.1) is 28.1 Å². The van der Waals surface area contributed by atoms with Gasteiger partial charge in [0, 0.05) is 11.3 Å². The van der Waals surface area contributed by atoms with E-state index < -0.39 is 0 Å². The molecule has 5 heteroatoms. The van der Waals surface area contributed by atoms with E-state index in [4.69, 9.17) is 5.26 Å². The van der Waals surface area contributed by atoms with Crippen molar-refractivity contribution in [1.29, 1.82) is 10.5 Å². The first kappa shape index (κ1) is 20.0. The van der Waals surface area contributed by atoms with Gasteiger partial charge in [0.25, 0.3) is 0 Å². The summed E-state index contributed by atoms with van der Waals surface area (Å²) in [5, 5.41) is 22.3. The van der Waals surface area contributed by atoms with Crippen LogP contribution in [-0.4, -0.2) is 9.97 Å². The molecule has 0 atom stereocenters. The minimum Gasteiger partial charge on any atom is -0.352 e. The molecule has 30 heavy (non-hydrogen) atoms. The fourth-order valence-corrected chi connectivity index (χ4v) is 4.06. The maximum atomic E-state index is 9.68. The van der Waals surface area contributed by atoms with Crippen LogP contribution in [0.2, 0.25) is 0 Å². The lowest BCUT2D eigenvalue weighted by Crippen LogP contribution is -2.15. The number of benzene rings is 1. The third kappa shape index (κ3) is 3.76. The van der Waals surface area contributed by atoms with Crippen LogP contribution in [0.25, 0.3) is 11.3 Å². The molecule has 0 amide bonds. The van der Waals surface area contributed by atoms with Gasteiger partial charge in [0.2, 0.25) is 0 Å². The summed E-state index contributed by atoms with van der Waals surface area (Å²) in [5.41, 5.74) is 5.89. The van der Waals surface area contributed by atoms with Crippen molar-refractivity contribution in [2.45, 2.75) is 58.3 Å². The zero-order valence-corrected chi connectivity index (χ0v) is 17.8. The fourth-order valence-electron chi connectivity index (χ4n) is 4.06. The van der Waals surface area contributed by atoms with Gasteiger partial charge in [-0.1, -0.05) is 32.1 Å². The Hall–Kier alpha value is -3.31. The quantitative estimate of drug-likeness (QED) is 0.657. The molecule has 1 fully saturated rings. The Kier molecular flexibility index (Phi) is 5.00. The van der Waals surface area contributed by atoms with E-state index in [0.717, 1.165) is 54.6 Å². The highest BCUT2D eigenvalue weighted by molar-refractivity contribution is 5.84. The van der Waals surface area contributed by atoms with Gasteiger partial charge in [-0.05, 0) is 67.7 Å². The minimum absolute atomic E-state index is 0.312. The molecule has 0 spiro atoms. The Balaban J connectivity index is 1.73. The molecule has 0 bridgehead atoms. The van der Waals surface area contributed by atoms with Crippen molar-refractivity contribution in [3.8, 4) is 12.1 Å². The maximum Gasteiger partial charge on any atom is 0.154 e. The topological polar surface area (TPSA) is 88.3 Å². The van der Waals surface area contributed by atoms with E-state index in [2.05, 4.69) is 65.5 Å². The van der Waals surface area contributed by atoms with Crippen molar-refractivity contribution in [3.63, 3.8) is 0 Å². The summed E-state index contributed by atoms with van der Waals surface area (Å²) in [7, 11) is 0. The van der Waals surface area contributed by atoms with Crippen LogP contribution in [0.3, 0.4) is 0 Å². The summed E-state index contributed by atoms with van der Waals surface area (Å²) in [5.74, 6) is 0.638. The van der Waals surface area contributed by atoms with Crippen molar-refractivity contribution in [3.05, 3.63) is 59.2 Å². The first-order valence-corrected chi connectivity index (χ1v) is 10.5. The van der Waals surface area contributed by atoms with Gasteiger partial charge >= 0.3 is 0 Å². The number of hydrogen-bond donors (Lipinski definition) is 2. The molecule has 2 aromatic rings. The van der Waals surface area contributed by atoms with Gasteiger partial charge < -0.3 is 10.3 Å². The number of nitrogens with one attached hydrogen (secondary N) is 2. The summed E-state index contributed by atoms with van der Waals surface area (Å²) < 4.78 is 0. The molecule has 0 saturated heterocycles. The number of nitrogens with zero attached hydrogens (tertiary/aromatic N) is 3. The second-order valence-electron chi connectivity index (χ2n) is 9.14. The third-order valence-electron chi connectivity index (χ3n) is 6.36. The number of allylic oxidation sites excluding steroid dienone is 3. The summed E-state index contributed by atoms with van der Waals surface area (Å²) in [6.07, 6.45) is 10.9. The Morgan fingerprint density at radius 3 is 2.60 bits per heavy atom. The zero-order chi connectivity index (χ0) is 21.4. The highest BCUT2D eigenvalue weighted by atomic mass is 15.0. The molecule has 2 N–H and O–H groups in total. The van der Waals surface area contributed by atoms with E-state index in [0.29, 0.717) is 16.9 Å². The standard InChI is InChI=1S/C25H27N5/c1-4-21(23-28-15-19(14-26)29-23)30-22-6-5-18(25(16-27)11-12-25)13-20(22)17-7-9-24(2,3)10-8-17/h4-7,13,15,30H,8-12H2,1-3H3,(H,28,29). The van der Waals surface area contributed by atoms with Gasteiger partial charge in [0.05, 0.1) is 23.4 Å². The molecule has 1 aromatic carbocycles. The maximum absolute atomic E-state index is 9.68. The fraction of sp³-hybridized carbons (Fsp3) is 0.400. The average Bonchev–Trinajstić information content (AvgIpc) is 3.41. The first-order chi connectivity index (χ1) is 14.4. The van der Waals surface area contributed by atoms with E-state index in [9.17, 15) is 5.26 Å². The molecule has 1 heterocycles. The zero-order valence-electron chi connectivity index (χ0n) is 17.8. The molecule has 2 aliphatic carbocycles. The lowest BCUT2D eigenvalue weighted by Gasteiger charge is -2.30. The lowest BCUT2D eigenvalue weighted by molar-refractivity contribution is 0.335. The number of hydrogen-bond acceptors (Lipinski definition) is 4. The molecule has 2 aliphatic rings. The first-order valence-electron chi connectivity index (χ1n) is 10.5. The van der Waals surface area contributed by atoms with Gasteiger partial charge in [-0.15, -0.1) is 0 Å². The molecular formula is C25H27N5. The molecule has 4 rings (SSSR count).